The number of carbonyl (C=O) groups excluding carboxylic acids is 1. The number of nitro groups is 2. The molecule has 3 rings (SSSR count). The average molecular weight is 401 g/mol. The van der Waals surface area contributed by atoms with Crippen molar-refractivity contribution in [2.75, 3.05) is 7.11 Å². The molecule has 13 heteroatoms. The second kappa shape index (κ2) is 7.67. The van der Waals surface area contributed by atoms with Crippen molar-refractivity contribution in [2.45, 2.75) is 6.54 Å². The molecule has 0 saturated carbocycles. The maximum absolute atomic E-state index is 12.3. The van der Waals surface area contributed by atoms with Gasteiger partial charge in [-0.1, -0.05) is 0 Å². The van der Waals surface area contributed by atoms with Gasteiger partial charge < -0.3 is 9.15 Å². The third-order valence-electron chi connectivity index (χ3n) is 3.78. The van der Waals surface area contributed by atoms with Crippen molar-refractivity contribution in [3.05, 3.63) is 78.6 Å². The van der Waals surface area contributed by atoms with Crippen LogP contribution >= 0.6 is 0 Å². The van der Waals surface area contributed by atoms with Crippen LogP contribution in [0.15, 0.2) is 45.7 Å². The number of aromatic nitrogens is 3. The lowest BCUT2D eigenvalue weighted by molar-refractivity contribution is -0.386. The fourth-order valence-corrected chi connectivity index (χ4v) is 2.40. The number of benzene rings is 1. The minimum Gasteiger partial charge on any atom is -0.465 e. The molecule has 2 heterocycles. The van der Waals surface area contributed by atoms with Gasteiger partial charge in [-0.3, -0.25) is 29.6 Å². The number of ether oxygens (including phenoxy) is 1. The molecular formula is C16H11N5O8. The van der Waals surface area contributed by atoms with E-state index in [4.69, 9.17) is 4.42 Å². The van der Waals surface area contributed by atoms with E-state index in [1.165, 1.54) is 24.3 Å². The van der Waals surface area contributed by atoms with Crippen LogP contribution in [0.1, 0.15) is 16.2 Å². The van der Waals surface area contributed by atoms with E-state index in [0.717, 1.165) is 23.9 Å². The molecule has 1 aromatic carbocycles. The number of pyridine rings is 1. The highest BCUT2D eigenvalue weighted by atomic mass is 16.6. The Morgan fingerprint density at radius 3 is 2.45 bits per heavy atom. The zero-order valence-electron chi connectivity index (χ0n) is 14.7. The molecule has 13 nitrogen and oxygen atoms in total. The maximum atomic E-state index is 12.3. The first kappa shape index (κ1) is 19.3. The third-order valence-corrected chi connectivity index (χ3v) is 3.78. The number of nitrogens with zero attached hydrogens (tertiary/aromatic N) is 5. The van der Waals surface area contributed by atoms with Gasteiger partial charge in [-0.15, -0.1) is 10.2 Å². The van der Waals surface area contributed by atoms with Crippen molar-refractivity contribution in [1.29, 1.82) is 0 Å². The van der Waals surface area contributed by atoms with E-state index in [1.807, 2.05) is 0 Å². The molecule has 0 spiro atoms. The number of esters is 1. The summed E-state index contributed by atoms with van der Waals surface area (Å²) in [5.41, 5.74) is -1.71. The Morgan fingerprint density at radius 1 is 1.17 bits per heavy atom. The van der Waals surface area contributed by atoms with E-state index in [1.54, 1.807) is 0 Å². The quantitative estimate of drug-likeness (QED) is 0.335. The molecule has 2 aromatic heterocycles. The number of methoxy groups -OCH3 is 1. The van der Waals surface area contributed by atoms with Gasteiger partial charge in [-0.05, 0) is 12.1 Å². The molecular weight excluding hydrogens is 390 g/mol. The van der Waals surface area contributed by atoms with Crippen LogP contribution in [0.5, 0.6) is 0 Å². The number of nitro benzene ring substituents is 1. The summed E-state index contributed by atoms with van der Waals surface area (Å²) in [5, 5.41) is 29.3. The van der Waals surface area contributed by atoms with Crippen LogP contribution < -0.4 is 5.56 Å². The highest BCUT2D eigenvalue weighted by Crippen LogP contribution is 2.21. The van der Waals surface area contributed by atoms with Gasteiger partial charge in [-0.25, -0.2) is 4.79 Å². The monoisotopic (exact) mass is 401 g/mol. The van der Waals surface area contributed by atoms with E-state index < -0.39 is 27.1 Å². The fourth-order valence-electron chi connectivity index (χ4n) is 2.40. The second-order valence-corrected chi connectivity index (χ2v) is 5.60. The first-order valence-corrected chi connectivity index (χ1v) is 7.84. The summed E-state index contributed by atoms with van der Waals surface area (Å²) >= 11 is 0. The van der Waals surface area contributed by atoms with Crippen LogP contribution in [0.25, 0.3) is 11.5 Å². The van der Waals surface area contributed by atoms with E-state index >= 15 is 0 Å². The maximum Gasteiger partial charge on any atom is 0.339 e. The smallest absolute Gasteiger partial charge is 0.339 e. The average Bonchev–Trinajstić information content (AvgIpc) is 3.17. The van der Waals surface area contributed by atoms with Gasteiger partial charge in [0.2, 0.25) is 11.8 Å². The van der Waals surface area contributed by atoms with E-state index in [9.17, 15) is 29.8 Å². The molecule has 0 aliphatic heterocycles. The molecule has 0 bridgehead atoms. The Labute approximate surface area is 160 Å². The molecule has 0 unspecified atom stereocenters. The number of hydrogen-bond acceptors (Lipinski definition) is 10. The van der Waals surface area contributed by atoms with Crippen LogP contribution in [0.3, 0.4) is 0 Å². The normalized spacial score (nSPS) is 10.5. The summed E-state index contributed by atoms with van der Waals surface area (Å²) in [6.45, 7) is -0.343. The van der Waals surface area contributed by atoms with Crippen molar-refractivity contribution in [1.82, 2.24) is 14.8 Å². The second-order valence-electron chi connectivity index (χ2n) is 5.60. The Bertz CT molecular complexity index is 1160. The summed E-state index contributed by atoms with van der Waals surface area (Å²) in [6, 6.07) is 6.15. The highest BCUT2D eigenvalue weighted by Gasteiger charge is 2.21. The van der Waals surface area contributed by atoms with Crippen molar-refractivity contribution >= 4 is 17.3 Å². The standard InChI is InChI=1S/C16H11N5O8/c1-28-16(23)10-6-12(21(26)27)15(22)19(7-10)8-13-17-18-14(29-13)9-2-4-11(5-3-9)20(24)25/h2-7H,8H2,1H3. The SMILES string of the molecule is COC(=O)c1cc([N+](=O)[O-])c(=O)n(Cc2nnc(-c3ccc([N+](=O)[O-])cc3)o2)c1. The number of hydrogen-bond donors (Lipinski definition) is 0. The number of carbonyl (C=O) groups is 1. The van der Waals surface area contributed by atoms with Crippen LogP contribution in [0, 0.1) is 20.2 Å². The zero-order chi connectivity index (χ0) is 21.1. The van der Waals surface area contributed by atoms with Gasteiger partial charge >= 0.3 is 17.2 Å². The number of rotatable bonds is 6. The topological polar surface area (TPSA) is 174 Å². The van der Waals surface area contributed by atoms with Crippen molar-refractivity contribution < 1.29 is 23.8 Å². The highest BCUT2D eigenvalue weighted by molar-refractivity contribution is 5.89. The molecule has 29 heavy (non-hydrogen) atoms. The molecule has 0 saturated heterocycles. The predicted molar refractivity (Wildman–Crippen MR) is 94.2 cm³/mol. The van der Waals surface area contributed by atoms with Gasteiger partial charge in [-0.2, -0.15) is 0 Å². The first-order valence-electron chi connectivity index (χ1n) is 7.84. The molecule has 0 amide bonds. The third kappa shape index (κ3) is 3.97. The van der Waals surface area contributed by atoms with Crippen LogP contribution in [-0.4, -0.2) is 37.7 Å². The Kier molecular flexibility index (Phi) is 5.12. The largest absolute Gasteiger partial charge is 0.465 e. The molecule has 0 fully saturated rings. The van der Waals surface area contributed by atoms with Crippen molar-refractivity contribution in [3.8, 4) is 11.5 Å². The number of non-ortho nitro benzene ring substituents is 1. The lowest BCUT2D eigenvalue weighted by Crippen LogP contribution is -2.24. The molecule has 148 valence electrons. The Hall–Kier alpha value is -4.42. The summed E-state index contributed by atoms with van der Waals surface area (Å²) in [4.78, 5) is 44.3. The van der Waals surface area contributed by atoms with Gasteiger partial charge in [0.25, 0.3) is 5.69 Å². The summed E-state index contributed by atoms with van der Waals surface area (Å²) in [6.07, 6.45) is 1.08. The molecule has 0 N–H and O–H groups in total. The Morgan fingerprint density at radius 2 is 1.86 bits per heavy atom. The molecule has 0 radical (unpaired) electrons. The lowest BCUT2D eigenvalue weighted by Gasteiger charge is -2.05. The van der Waals surface area contributed by atoms with E-state index in [-0.39, 0.29) is 29.6 Å². The van der Waals surface area contributed by atoms with Gasteiger partial charge in [0, 0.05) is 30.0 Å². The van der Waals surface area contributed by atoms with Crippen LogP contribution in [0.4, 0.5) is 11.4 Å². The molecule has 3 aromatic rings. The minimum atomic E-state index is -0.974. The van der Waals surface area contributed by atoms with Crippen LogP contribution in [-0.2, 0) is 11.3 Å². The van der Waals surface area contributed by atoms with Crippen LogP contribution in [0.2, 0.25) is 0 Å². The molecule has 0 atom stereocenters. The van der Waals surface area contributed by atoms with Crippen molar-refractivity contribution in [2.24, 2.45) is 0 Å². The first-order chi connectivity index (χ1) is 13.8. The Balaban J connectivity index is 1.93. The van der Waals surface area contributed by atoms with Gasteiger partial charge in [0.15, 0.2) is 0 Å². The van der Waals surface area contributed by atoms with Gasteiger partial charge in [0.1, 0.15) is 6.54 Å². The predicted octanol–water partition coefficient (Wildman–Crippen LogP) is 1.55. The summed E-state index contributed by atoms with van der Waals surface area (Å²) in [7, 11) is 1.10. The van der Waals surface area contributed by atoms with Crippen molar-refractivity contribution in [3.63, 3.8) is 0 Å². The fraction of sp³-hybridized carbons (Fsp3) is 0.125. The summed E-state index contributed by atoms with van der Waals surface area (Å²) in [5.74, 6) is -0.905. The van der Waals surface area contributed by atoms with E-state index in [0.29, 0.717) is 5.56 Å². The minimum absolute atomic E-state index is 0.0292. The zero-order valence-corrected chi connectivity index (χ0v) is 14.7. The van der Waals surface area contributed by atoms with Gasteiger partial charge in [0.05, 0.1) is 22.5 Å². The van der Waals surface area contributed by atoms with E-state index in [2.05, 4.69) is 14.9 Å². The summed E-state index contributed by atoms with van der Waals surface area (Å²) < 4.78 is 10.8. The lowest BCUT2D eigenvalue weighted by atomic mass is 10.2. The molecule has 0 aliphatic carbocycles. The molecule has 0 aliphatic rings.